The molecular formula is C21H20O10. The molecule has 6 N–H and O–H groups in total. The molecule has 10 nitrogen and oxygen atoms in total. The standard InChI is InChI=1S/C21H20O10/c1-7-2-9-14(11(24)3-7)18(27)15-10(16(9)25)4-8(23)5-12(15)30-21-20(29)19(28)17(26)13(6-22)31-21/h2-5,13,17,19-24,26,28-29H,6H2,1H3/t13-,17+,19+,20-,21+/m0/s1. The highest BCUT2D eigenvalue weighted by atomic mass is 16.7. The van der Waals surface area contributed by atoms with Crippen molar-refractivity contribution in [2.45, 2.75) is 37.6 Å². The molecule has 31 heavy (non-hydrogen) atoms. The number of aromatic hydroxyl groups is 2. The number of phenols is 2. The number of aryl methyl sites for hydroxylation is 1. The van der Waals surface area contributed by atoms with E-state index in [0.717, 1.165) is 12.1 Å². The maximum absolute atomic E-state index is 13.2. The zero-order chi connectivity index (χ0) is 22.6. The fraction of sp³-hybridized carbons (Fsp3) is 0.333. The number of benzene rings is 2. The summed E-state index contributed by atoms with van der Waals surface area (Å²) in [5.41, 5.74) is -0.154. The molecule has 1 aliphatic heterocycles. The van der Waals surface area contributed by atoms with Gasteiger partial charge in [0.15, 0.2) is 5.78 Å². The van der Waals surface area contributed by atoms with Crippen molar-refractivity contribution < 1.29 is 49.7 Å². The number of fused-ring (bicyclic) bond motifs is 2. The molecule has 1 aliphatic carbocycles. The first-order valence-corrected chi connectivity index (χ1v) is 9.41. The van der Waals surface area contributed by atoms with Crippen LogP contribution in [0.3, 0.4) is 0 Å². The Morgan fingerprint density at radius 1 is 0.903 bits per heavy atom. The monoisotopic (exact) mass is 432 g/mol. The van der Waals surface area contributed by atoms with E-state index in [2.05, 4.69) is 0 Å². The van der Waals surface area contributed by atoms with Gasteiger partial charge in [-0.15, -0.1) is 0 Å². The first kappa shape index (κ1) is 21.2. The number of aliphatic hydroxyl groups excluding tert-OH is 4. The predicted octanol–water partition coefficient (Wildman–Crippen LogP) is -0.640. The maximum Gasteiger partial charge on any atom is 0.229 e. The van der Waals surface area contributed by atoms with Crippen molar-refractivity contribution >= 4 is 11.6 Å². The zero-order valence-electron chi connectivity index (χ0n) is 16.2. The molecular weight excluding hydrogens is 412 g/mol. The molecule has 1 saturated heterocycles. The SMILES string of the molecule is Cc1cc(O)c2c(c1)C(=O)c1cc(O)cc(O[C@@H]3O[C@@H](CO)[C@@H](O)[C@@H](O)[C@@H]3O)c1C2=O. The van der Waals surface area contributed by atoms with Crippen LogP contribution >= 0.6 is 0 Å². The Morgan fingerprint density at radius 2 is 1.58 bits per heavy atom. The fourth-order valence-corrected chi connectivity index (χ4v) is 3.85. The van der Waals surface area contributed by atoms with Crippen molar-refractivity contribution in [2.24, 2.45) is 0 Å². The lowest BCUT2D eigenvalue weighted by Gasteiger charge is -2.39. The van der Waals surface area contributed by atoms with E-state index in [9.17, 15) is 40.2 Å². The van der Waals surface area contributed by atoms with E-state index in [1.807, 2.05) is 0 Å². The van der Waals surface area contributed by atoms with Gasteiger partial charge in [0, 0.05) is 17.2 Å². The number of carbonyl (C=O) groups is 2. The van der Waals surface area contributed by atoms with Crippen LogP contribution in [0.25, 0.3) is 0 Å². The van der Waals surface area contributed by atoms with Crippen LogP contribution in [0.1, 0.15) is 37.4 Å². The summed E-state index contributed by atoms with van der Waals surface area (Å²) in [4.78, 5) is 26.2. The van der Waals surface area contributed by atoms with Crippen molar-refractivity contribution in [3.05, 3.63) is 52.1 Å². The van der Waals surface area contributed by atoms with Crippen molar-refractivity contribution in [2.75, 3.05) is 6.61 Å². The lowest BCUT2D eigenvalue weighted by Crippen LogP contribution is -2.60. The molecule has 1 heterocycles. The van der Waals surface area contributed by atoms with E-state index in [1.165, 1.54) is 12.1 Å². The van der Waals surface area contributed by atoms with Gasteiger partial charge in [-0.3, -0.25) is 9.59 Å². The quantitative estimate of drug-likeness (QED) is 0.312. The van der Waals surface area contributed by atoms with Gasteiger partial charge in [0.05, 0.1) is 17.7 Å². The molecule has 2 aromatic rings. The third-order valence-electron chi connectivity index (χ3n) is 5.38. The molecule has 164 valence electrons. The van der Waals surface area contributed by atoms with Crippen molar-refractivity contribution in [1.82, 2.24) is 0 Å². The molecule has 4 rings (SSSR count). The van der Waals surface area contributed by atoms with E-state index in [4.69, 9.17) is 9.47 Å². The summed E-state index contributed by atoms with van der Waals surface area (Å²) in [6.45, 7) is 0.949. The van der Waals surface area contributed by atoms with E-state index < -0.39 is 60.4 Å². The smallest absolute Gasteiger partial charge is 0.229 e. The van der Waals surface area contributed by atoms with Crippen LogP contribution < -0.4 is 4.74 Å². The number of carbonyl (C=O) groups excluding carboxylic acids is 2. The number of hydrogen-bond acceptors (Lipinski definition) is 10. The van der Waals surface area contributed by atoms with Gasteiger partial charge in [-0.1, -0.05) is 0 Å². The summed E-state index contributed by atoms with van der Waals surface area (Å²) in [6.07, 6.45) is -8.02. The topological polar surface area (TPSA) is 174 Å². The average molecular weight is 432 g/mol. The van der Waals surface area contributed by atoms with E-state index >= 15 is 0 Å². The Balaban J connectivity index is 1.79. The van der Waals surface area contributed by atoms with Crippen LogP contribution in [0.2, 0.25) is 0 Å². The second-order valence-corrected chi connectivity index (χ2v) is 7.55. The van der Waals surface area contributed by atoms with Gasteiger partial charge in [0.25, 0.3) is 0 Å². The third-order valence-corrected chi connectivity index (χ3v) is 5.38. The molecule has 0 saturated carbocycles. The largest absolute Gasteiger partial charge is 0.508 e. The van der Waals surface area contributed by atoms with Crippen molar-refractivity contribution in [1.29, 1.82) is 0 Å². The van der Waals surface area contributed by atoms with Crippen LogP contribution in [0.5, 0.6) is 17.2 Å². The van der Waals surface area contributed by atoms with Crippen LogP contribution in [0.4, 0.5) is 0 Å². The van der Waals surface area contributed by atoms with Gasteiger partial charge < -0.3 is 40.1 Å². The number of aliphatic hydroxyl groups is 4. The van der Waals surface area contributed by atoms with Crippen LogP contribution in [-0.2, 0) is 4.74 Å². The minimum atomic E-state index is -1.77. The highest BCUT2D eigenvalue weighted by Gasteiger charge is 2.45. The number of ether oxygens (including phenoxy) is 2. The van der Waals surface area contributed by atoms with Gasteiger partial charge in [-0.2, -0.15) is 0 Å². The first-order chi connectivity index (χ1) is 14.6. The second kappa shape index (κ2) is 7.59. The maximum atomic E-state index is 13.2. The zero-order valence-corrected chi connectivity index (χ0v) is 16.2. The number of rotatable bonds is 3. The fourth-order valence-electron chi connectivity index (χ4n) is 3.85. The molecule has 5 atom stereocenters. The van der Waals surface area contributed by atoms with Crippen LogP contribution in [0.15, 0.2) is 24.3 Å². The predicted molar refractivity (Wildman–Crippen MR) is 102 cm³/mol. The summed E-state index contributed by atoms with van der Waals surface area (Å²) in [6, 6.07) is 4.87. The molecule has 2 aliphatic rings. The number of hydrogen-bond donors (Lipinski definition) is 6. The average Bonchev–Trinajstić information content (AvgIpc) is 2.71. The molecule has 1 fully saturated rings. The Morgan fingerprint density at radius 3 is 2.26 bits per heavy atom. The second-order valence-electron chi connectivity index (χ2n) is 7.55. The van der Waals surface area contributed by atoms with Gasteiger partial charge in [0.1, 0.15) is 41.7 Å². The minimum absolute atomic E-state index is 0.0283. The van der Waals surface area contributed by atoms with Gasteiger partial charge in [-0.25, -0.2) is 0 Å². The minimum Gasteiger partial charge on any atom is -0.508 e. The first-order valence-electron chi connectivity index (χ1n) is 9.41. The highest BCUT2D eigenvalue weighted by Crippen LogP contribution is 2.40. The number of phenolic OH excluding ortho intramolecular Hbond substituents is 2. The lowest BCUT2D eigenvalue weighted by atomic mass is 9.82. The Hall–Kier alpha value is -3.02. The molecule has 0 spiro atoms. The lowest BCUT2D eigenvalue weighted by molar-refractivity contribution is -0.277. The molecule has 0 bridgehead atoms. The third kappa shape index (κ3) is 3.34. The van der Waals surface area contributed by atoms with Gasteiger partial charge in [-0.05, 0) is 30.7 Å². The summed E-state index contributed by atoms with van der Waals surface area (Å²) in [5.74, 6) is -2.53. The summed E-state index contributed by atoms with van der Waals surface area (Å²) < 4.78 is 10.8. The Kier molecular flexibility index (Phi) is 5.20. The Labute approximate surface area is 175 Å². The molecule has 0 aromatic heterocycles. The van der Waals surface area contributed by atoms with E-state index in [-0.39, 0.29) is 28.0 Å². The normalized spacial score (nSPS) is 27.6. The molecule has 0 unspecified atom stereocenters. The molecule has 0 radical (unpaired) electrons. The molecule has 2 aromatic carbocycles. The summed E-state index contributed by atoms with van der Waals surface area (Å²) >= 11 is 0. The van der Waals surface area contributed by atoms with Crippen molar-refractivity contribution in [3.63, 3.8) is 0 Å². The Bertz CT molecular complexity index is 1080. The van der Waals surface area contributed by atoms with E-state index in [0.29, 0.717) is 5.56 Å². The molecule has 10 heteroatoms. The summed E-state index contributed by atoms with van der Waals surface area (Å²) in [7, 11) is 0. The van der Waals surface area contributed by atoms with Crippen LogP contribution in [0, 0.1) is 6.92 Å². The van der Waals surface area contributed by atoms with Crippen molar-refractivity contribution in [3.8, 4) is 17.2 Å². The van der Waals surface area contributed by atoms with Crippen LogP contribution in [-0.4, -0.2) is 79.5 Å². The summed E-state index contributed by atoms with van der Waals surface area (Å²) in [5, 5.41) is 59.8. The molecule has 0 amide bonds. The number of ketones is 2. The van der Waals surface area contributed by atoms with Gasteiger partial charge >= 0.3 is 0 Å². The van der Waals surface area contributed by atoms with Gasteiger partial charge in [0.2, 0.25) is 12.1 Å². The highest BCUT2D eigenvalue weighted by molar-refractivity contribution is 6.30. The van der Waals surface area contributed by atoms with E-state index in [1.54, 1.807) is 6.92 Å².